The van der Waals surface area contributed by atoms with Crippen LogP contribution in [0.5, 0.6) is 5.75 Å². The van der Waals surface area contributed by atoms with Crippen molar-refractivity contribution in [3.8, 4) is 17.1 Å². The minimum absolute atomic E-state index is 0.00297. The molecule has 0 aromatic carbocycles. The van der Waals surface area contributed by atoms with Crippen molar-refractivity contribution in [2.45, 2.75) is 123 Å². The van der Waals surface area contributed by atoms with Crippen LogP contribution in [0.1, 0.15) is 111 Å². The Bertz CT molecular complexity index is 1560. The van der Waals surface area contributed by atoms with Crippen LogP contribution in [-0.2, 0) is 28.6 Å². The van der Waals surface area contributed by atoms with Crippen LogP contribution >= 0.6 is 0 Å². The van der Waals surface area contributed by atoms with Crippen molar-refractivity contribution in [3.05, 3.63) is 46.6 Å². The van der Waals surface area contributed by atoms with E-state index >= 15 is 0 Å². The van der Waals surface area contributed by atoms with Gasteiger partial charge in [-0.05, 0) is 56.1 Å². The molecule has 0 amide bonds. The molecule has 0 spiro atoms. The summed E-state index contributed by atoms with van der Waals surface area (Å²) in [6.45, 7) is 10.5. The molecule has 0 radical (unpaired) electrons. The maximum Gasteiger partial charge on any atom is 0.345 e. The number of fused-ring (bicyclic) bond motifs is 4. The molecule has 262 valence electrons. The zero-order valence-corrected chi connectivity index (χ0v) is 28.9. The molecule has 0 saturated heterocycles. The smallest absolute Gasteiger partial charge is 0.345 e. The SMILES string of the molecule is CCCCCCCC(=O)O[C@H]1C[C@H]2[C@](C)(COC(C)=O)[C@@H](OC(C)=O)CC[C@]2(C)[C@H]2[C@@H](O)c3c(cc(-c4cccnc4)oc3=O)O[C@]12C. The van der Waals surface area contributed by atoms with Gasteiger partial charge >= 0.3 is 23.5 Å². The highest BCUT2D eigenvalue weighted by Crippen LogP contribution is 2.67. The fraction of sp³-hybridized carbons (Fsp3) is 0.649. The Morgan fingerprint density at radius 1 is 1.04 bits per heavy atom. The first-order valence-electron chi connectivity index (χ1n) is 17.2. The van der Waals surface area contributed by atoms with Crippen LogP contribution < -0.4 is 10.4 Å². The van der Waals surface area contributed by atoms with E-state index in [0.717, 1.165) is 25.7 Å². The number of unbranched alkanes of at least 4 members (excludes halogenated alkanes) is 4. The van der Waals surface area contributed by atoms with Gasteiger partial charge in [0.15, 0.2) is 0 Å². The normalized spacial score (nSPS) is 32.1. The van der Waals surface area contributed by atoms with E-state index in [-0.39, 0.29) is 42.0 Å². The van der Waals surface area contributed by atoms with E-state index in [9.17, 15) is 24.3 Å². The Balaban J connectivity index is 1.60. The molecule has 2 saturated carbocycles. The Hall–Kier alpha value is -3.73. The van der Waals surface area contributed by atoms with Gasteiger partial charge in [0.1, 0.15) is 41.5 Å². The number of carbonyl (C=O) groups is 3. The topological polar surface area (TPSA) is 151 Å². The lowest BCUT2D eigenvalue weighted by molar-refractivity contribution is -0.271. The molecule has 0 bridgehead atoms. The van der Waals surface area contributed by atoms with Crippen molar-refractivity contribution in [2.75, 3.05) is 6.61 Å². The van der Waals surface area contributed by atoms with E-state index in [1.807, 2.05) is 20.8 Å². The average molecular weight is 668 g/mol. The van der Waals surface area contributed by atoms with Crippen LogP contribution in [0.15, 0.2) is 39.8 Å². The number of nitrogens with zero attached hydrogens (tertiary/aromatic N) is 1. The number of hydrogen-bond donors (Lipinski definition) is 1. The molecule has 1 aliphatic heterocycles. The lowest BCUT2D eigenvalue weighted by Crippen LogP contribution is -2.71. The van der Waals surface area contributed by atoms with E-state index in [2.05, 4.69) is 11.9 Å². The molecule has 5 rings (SSSR count). The van der Waals surface area contributed by atoms with Crippen molar-refractivity contribution in [1.82, 2.24) is 4.98 Å². The highest BCUT2D eigenvalue weighted by molar-refractivity contribution is 5.70. The number of rotatable bonds is 11. The van der Waals surface area contributed by atoms with Crippen LogP contribution in [0.25, 0.3) is 11.3 Å². The van der Waals surface area contributed by atoms with E-state index in [0.29, 0.717) is 31.2 Å². The zero-order chi connectivity index (χ0) is 34.9. The first kappa shape index (κ1) is 35.6. The van der Waals surface area contributed by atoms with Crippen LogP contribution in [0.3, 0.4) is 0 Å². The number of pyridine rings is 1. The molecule has 3 aliphatic rings. The summed E-state index contributed by atoms with van der Waals surface area (Å²) in [5.41, 5.74) is -3.08. The van der Waals surface area contributed by atoms with Gasteiger partial charge in [-0.3, -0.25) is 19.4 Å². The van der Waals surface area contributed by atoms with Crippen LogP contribution in [-0.4, -0.2) is 52.4 Å². The van der Waals surface area contributed by atoms with Gasteiger partial charge in [0, 0.05) is 55.6 Å². The molecule has 2 aromatic rings. The first-order chi connectivity index (χ1) is 22.7. The zero-order valence-electron chi connectivity index (χ0n) is 28.9. The standard InChI is InChI=1S/C37H49NO10/c1-7-8-9-10-11-14-30(41)47-29-19-27-35(4,16-15-28(45-23(3)40)36(27,5)21-44-22(2)39)33-32(42)31-26(48-37(29,33)6)18-25(46-34(31)43)24-13-12-17-38-20-24/h12-13,17-18,20,27-29,32-33,42H,7-11,14-16,19,21H2,1-6H3/t27-,28+,29+,32+,33-,35+,36+,37-/m1/s1. The molecule has 2 aromatic heterocycles. The number of carbonyl (C=O) groups excluding carboxylic acids is 3. The van der Waals surface area contributed by atoms with Crippen LogP contribution in [0, 0.1) is 22.7 Å². The monoisotopic (exact) mass is 667 g/mol. The Morgan fingerprint density at radius 3 is 2.46 bits per heavy atom. The second kappa shape index (κ2) is 14.0. The Kier molecular flexibility index (Phi) is 10.4. The van der Waals surface area contributed by atoms with Crippen molar-refractivity contribution in [1.29, 1.82) is 0 Å². The van der Waals surface area contributed by atoms with Crippen molar-refractivity contribution in [2.24, 2.45) is 22.7 Å². The fourth-order valence-corrected chi connectivity index (χ4v) is 8.93. The summed E-state index contributed by atoms with van der Waals surface area (Å²) in [5, 5.41) is 12.3. The van der Waals surface area contributed by atoms with Gasteiger partial charge in [0.2, 0.25) is 0 Å². The molecule has 11 heteroatoms. The summed E-state index contributed by atoms with van der Waals surface area (Å²) in [6.07, 6.45) is 6.65. The van der Waals surface area contributed by atoms with E-state index in [4.69, 9.17) is 23.4 Å². The largest absolute Gasteiger partial charge is 0.482 e. The number of aromatic nitrogens is 1. The lowest BCUT2D eigenvalue weighted by Gasteiger charge is -2.66. The third-order valence-corrected chi connectivity index (χ3v) is 11.2. The van der Waals surface area contributed by atoms with Crippen molar-refractivity contribution < 1.29 is 42.9 Å². The van der Waals surface area contributed by atoms with E-state index in [1.54, 1.807) is 30.6 Å². The second-order valence-corrected chi connectivity index (χ2v) is 14.5. The molecule has 3 heterocycles. The molecule has 11 nitrogen and oxygen atoms in total. The highest BCUT2D eigenvalue weighted by atomic mass is 16.6. The van der Waals surface area contributed by atoms with Gasteiger partial charge in [0.25, 0.3) is 0 Å². The van der Waals surface area contributed by atoms with Gasteiger partial charge in [-0.15, -0.1) is 0 Å². The fourth-order valence-electron chi connectivity index (χ4n) is 8.93. The summed E-state index contributed by atoms with van der Waals surface area (Å²) in [7, 11) is 0. The molecule has 8 atom stereocenters. The van der Waals surface area contributed by atoms with Gasteiger partial charge in [0.05, 0.1) is 6.10 Å². The van der Waals surface area contributed by atoms with Crippen LogP contribution in [0.2, 0.25) is 0 Å². The molecule has 1 N–H and O–H groups in total. The summed E-state index contributed by atoms with van der Waals surface area (Å²) < 4.78 is 30.3. The minimum Gasteiger partial charge on any atom is -0.482 e. The molecule has 0 unspecified atom stereocenters. The summed E-state index contributed by atoms with van der Waals surface area (Å²) in [4.78, 5) is 55.6. The third kappa shape index (κ3) is 6.62. The molecular formula is C37H49NO10. The van der Waals surface area contributed by atoms with Gasteiger partial charge in [-0.25, -0.2) is 4.79 Å². The van der Waals surface area contributed by atoms with Gasteiger partial charge < -0.3 is 28.5 Å². The van der Waals surface area contributed by atoms with Crippen molar-refractivity contribution >= 4 is 17.9 Å². The van der Waals surface area contributed by atoms with Crippen LogP contribution in [0.4, 0.5) is 0 Å². The molecule has 2 fully saturated rings. The number of esters is 3. The van der Waals surface area contributed by atoms with Gasteiger partial charge in [-0.1, -0.05) is 46.5 Å². The average Bonchev–Trinajstić information content (AvgIpc) is 3.02. The Morgan fingerprint density at radius 2 is 1.79 bits per heavy atom. The third-order valence-electron chi connectivity index (χ3n) is 11.2. The second-order valence-electron chi connectivity index (χ2n) is 14.5. The Labute approximate surface area is 281 Å². The molecule has 2 aliphatic carbocycles. The predicted octanol–water partition coefficient (Wildman–Crippen LogP) is 6.10. The summed E-state index contributed by atoms with van der Waals surface area (Å²) in [5.74, 6) is -2.05. The number of aliphatic hydroxyl groups is 1. The maximum atomic E-state index is 13.6. The van der Waals surface area contributed by atoms with E-state index < -0.39 is 58.2 Å². The highest BCUT2D eigenvalue weighted by Gasteiger charge is 2.71. The molecular weight excluding hydrogens is 618 g/mol. The summed E-state index contributed by atoms with van der Waals surface area (Å²) in [6, 6.07) is 5.06. The first-order valence-corrected chi connectivity index (χ1v) is 17.2. The number of hydrogen-bond acceptors (Lipinski definition) is 11. The minimum atomic E-state index is -1.34. The number of ether oxygens (including phenoxy) is 4. The summed E-state index contributed by atoms with van der Waals surface area (Å²) >= 11 is 0. The molecule has 48 heavy (non-hydrogen) atoms. The quantitative estimate of drug-likeness (QED) is 0.168. The van der Waals surface area contributed by atoms with Gasteiger partial charge in [-0.2, -0.15) is 0 Å². The predicted molar refractivity (Wildman–Crippen MR) is 175 cm³/mol. The number of aliphatic hydroxyl groups excluding tert-OH is 1. The van der Waals surface area contributed by atoms with E-state index in [1.165, 1.54) is 13.8 Å². The lowest BCUT2D eigenvalue weighted by atomic mass is 9.42. The van der Waals surface area contributed by atoms with Crippen molar-refractivity contribution in [3.63, 3.8) is 0 Å². The maximum absolute atomic E-state index is 13.6.